The van der Waals surface area contributed by atoms with Gasteiger partial charge in [0, 0.05) is 18.7 Å². The van der Waals surface area contributed by atoms with Crippen molar-refractivity contribution in [2.75, 3.05) is 30.9 Å². The summed E-state index contributed by atoms with van der Waals surface area (Å²) in [5, 5.41) is 9.31. The molecule has 0 unspecified atom stereocenters. The third-order valence-corrected chi connectivity index (χ3v) is 3.90. The van der Waals surface area contributed by atoms with Crippen LogP contribution in [0, 0.1) is 0 Å². The molecule has 19 heavy (non-hydrogen) atoms. The highest BCUT2D eigenvalue weighted by Crippen LogP contribution is 2.32. The Labute approximate surface area is 115 Å². The van der Waals surface area contributed by atoms with E-state index in [2.05, 4.69) is 4.90 Å². The van der Waals surface area contributed by atoms with Crippen LogP contribution in [0.25, 0.3) is 0 Å². The van der Waals surface area contributed by atoms with Gasteiger partial charge in [0.05, 0.1) is 25.1 Å². The molecule has 2 rings (SSSR count). The van der Waals surface area contributed by atoms with E-state index in [4.69, 9.17) is 10.5 Å². The minimum absolute atomic E-state index is 0.155. The fourth-order valence-corrected chi connectivity index (χ4v) is 2.92. The van der Waals surface area contributed by atoms with E-state index in [1.807, 2.05) is 18.2 Å². The molecule has 4 heteroatoms. The quantitative estimate of drug-likeness (QED) is 0.802. The van der Waals surface area contributed by atoms with Gasteiger partial charge >= 0.3 is 0 Å². The first-order valence-electron chi connectivity index (χ1n) is 7.07. The summed E-state index contributed by atoms with van der Waals surface area (Å²) in [6.07, 6.45) is 6.23. The maximum absolute atomic E-state index is 9.31. The largest absolute Gasteiger partial charge is 0.497 e. The van der Waals surface area contributed by atoms with Crippen molar-refractivity contribution in [3.63, 3.8) is 0 Å². The van der Waals surface area contributed by atoms with Gasteiger partial charge in [0.15, 0.2) is 0 Å². The molecular formula is C15H24N2O2. The molecule has 3 N–H and O–H groups in total. The highest BCUT2D eigenvalue weighted by atomic mass is 16.5. The number of methoxy groups -OCH3 is 1. The lowest BCUT2D eigenvalue weighted by Crippen LogP contribution is -2.39. The van der Waals surface area contributed by atoms with E-state index in [1.165, 1.54) is 32.1 Å². The average molecular weight is 264 g/mol. The molecule has 1 aromatic rings. The lowest BCUT2D eigenvalue weighted by atomic mass is 9.93. The van der Waals surface area contributed by atoms with Crippen LogP contribution in [0.1, 0.15) is 32.1 Å². The van der Waals surface area contributed by atoms with Crippen molar-refractivity contribution >= 4 is 11.4 Å². The number of hydrogen-bond donors (Lipinski definition) is 2. The zero-order valence-corrected chi connectivity index (χ0v) is 11.6. The normalized spacial score (nSPS) is 16.3. The molecule has 0 amide bonds. The second-order valence-electron chi connectivity index (χ2n) is 5.13. The van der Waals surface area contributed by atoms with E-state index < -0.39 is 0 Å². The number of benzene rings is 1. The molecule has 1 aliphatic carbocycles. The first kappa shape index (κ1) is 14.0. The predicted octanol–water partition coefficient (Wildman–Crippen LogP) is 2.41. The summed E-state index contributed by atoms with van der Waals surface area (Å²) in [6, 6.07) is 6.27. The van der Waals surface area contributed by atoms with E-state index in [1.54, 1.807) is 7.11 Å². The number of nitrogens with zero attached hydrogens (tertiary/aromatic N) is 1. The van der Waals surface area contributed by atoms with Crippen LogP contribution >= 0.6 is 0 Å². The van der Waals surface area contributed by atoms with Crippen LogP contribution in [0.3, 0.4) is 0 Å². The van der Waals surface area contributed by atoms with E-state index >= 15 is 0 Å². The van der Waals surface area contributed by atoms with E-state index in [9.17, 15) is 5.11 Å². The molecule has 0 aliphatic heterocycles. The Morgan fingerprint density at radius 3 is 2.63 bits per heavy atom. The van der Waals surface area contributed by atoms with E-state index in [0.29, 0.717) is 12.6 Å². The molecular weight excluding hydrogens is 240 g/mol. The minimum Gasteiger partial charge on any atom is -0.497 e. The van der Waals surface area contributed by atoms with Gasteiger partial charge in [-0.25, -0.2) is 0 Å². The Hall–Kier alpha value is -1.42. The Balaban J connectivity index is 2.22. The molecule has 1 aliphatic rings. The molecule has 0 atom stereocenters. The van der Waals surface area contributed by atoms with Crippen LogP contribution in [0.4, 0.5) is 11.4 Å². The van der Waals surface area contributed by atoms with Gasteiger partial charge in [-0.1, -0.05) is 19.3 Å². The van der Waals surface area contributed by atoms with Gasteiger partial charge < -0.3 is 20.5 Å². The topological polar surface area (TPSA) is 58.7 Å². The van der Waals surface area contributed by atoms with Crippen molar-refractivity contribution in [3.05, 3.63) is 18.2 Å². The van der Waals surface area contributed by atoms with Gasteiger partial charge in [0.1, 0.15) is 5.75 Å². The zero-order valence-electron chi connectivity index (χ0n) is 11.6. The summed E-state index contributed by atoms with van der Waals surface area (Å²) in [7, 11) is 1.64. The zero-order chi connectivity index (χ0) is 13.7. The number of nitrogens with two attached hydrogens (primary N) is 1. The van der Waals surface area contributed by atoms with Crippen LogP contribution in [0.15, 0.2) is 18.2 Å². The first-order valence-corrected chi connectivity index (χ1v) is 7.07. The van der Waals surface area contributed by atoms with E-state index in [0.717, 1.165) is 17.1 Å². The van der Waals surface area contributed by atoms with Gasteiger partial charge in [0.25, 0.3) is 0 Å². The average Bonchev–Trinajstić information content (AvgIpc) is 2.46. The van der Waals surface area contributed by atoms with Crippen molar-refractivity contribution in [2.45, 2.75) is 38.1 Å². The highest BCUT2D eigenvalue weighted by molar-refractivity contribution is 5.70. The first-order chi connectivity index (χ1) is 9.26. The number of anilines is 2. The Bertz CT molecular complexity index is 403. The van der Waals surface area contributed by atoms with Crippen molar-refractivity contribution in [3.8, 4) is 5.75 Å². The SMILES string of the molecule is COc1ccc(N(CCO)C2CCCCC2)c(N)c1. The Kier molecular flexibility index (Phi) is 4.91. The van der Waals surface area contributed by atoms with Crippen LogP contribution in [-0.4, -0.2) is 31.4 Å². The smallest absolute Gasteiger partial charge is 0.121 e. The molecule has 1 aromatic carbocycles. The fraction of sp³-hybridized carbons (Fsp3) is 0.600. The van der Waals surface area contributed by atoms with Crippen LogP contribution in [0.5, 0.6) is 5.75 Å². The fourth-order valence-electron chi connectivity index (χ4n) is 2.92. The van der Waals surface area contributed by atoms with Gasteiger partial charge in [-0.15, -0.1) is 0 Å². The number of rotatable bonds is 5. The predicted molar refractivity (Wildman–Crippen MR) is 78.7 cm³/mol. The van der Waals surface area contributed by atoms with Crippen molar-refractivity contribution in [1.29, 1.82) is 0 Å². The summed E-state index contributed by atoms with van der Waals surface area (Å²) in [6.45, 7) is 0.795. The molecule has 0 saturated heterocycles. The summed E-state index contributed by atoms with van der Waals surface area (Å²) < 4.78 is 5.19. The second kappa shape index (κ2) is 6.66. The Morgan fingerprint density at radius 1 is 1.32 bits per heavy atom. The number of aliphatic hydroxyl groups excluding tert-OH is 1. The van der Waals surface area contributed by atoms with Crippen molar-refractivity contribution in [1.82, 2.24) is 0 Å². The summed E-state index contributed by atoms with van der Waals surface area (Å²) >= 11 is 0. The molecule has 4 nitrogen and oxygen atoms in total. The minimum atomic E-state index is 0.155. The van der Waals surface area contributed by atoms with Gasteiger partial charge in [-0.05, 0) is 25.0 Å². The van der Waals surface area contributed by atoms with Crippen LogP contribution in [-0.2, 0) is 0 Å². The molecule has 0 bridgehead atoms. The number of ether oxygens (including phenoxy) is 1. The van der Waals surface area contributed by atoms with Crippen LogP contribution < -0.4 is 15.4 Å². The Morgan fingerprint density at radius 2 is 2.05 bits per heavy atom. The number of nitrogen functional groups attached to an aromatic ring is 1. The summed E-state index contributed by atoms with van der Waals surface area (Å²) in [5.74, 6) is 0.772. The molecule has 0 radical (unpaired) electrons. The monoisotopic (exact) mass is 264 g/mol. The summed E-state index contributed by atoms with van der Waals surface area (Å²) in [4.78, 5) is 2.26. The maximum Gasteiger partial charge on any atom is 0.121 e. The molecule has 1 saturated carbocycles. The van der Waals surface area contributed by atoms with Crippen LogP contribution in [0.2, 0.25) is 0 Å². The van der Waals surface area contributed by atoms with Gasteiger partial charge in [-0.2, -0.15) is 0 Å². The molecule has 1 fully saturated rings. The van der Waals surface area contributed by atoms with E-state index in [-0.39, 0.29) is 6.61 Å². The van der Waals surface area contributed by atoms with Crippen molar-refractivity contribution < 1.29 is 9.84 Å². The van der Waals surface area contributed by atoms with Crippen molar-refractivity contribution in [2.24, 2.45) is 0 Å². The summed E-state index contributed by atoms with van der Waals surface area (Å²) in [5.41, 5.74) is 7.87. The maximum atomic E-state index is 9.31. The third kappa shape index (κ3) is 3.32. The molecule has 0 heterocycles. The number of aliphatic hydroxyl groups is 1. The lowest BCUT2D eigenvalue weighted by molar-refractivity contribution is 0.290. The molecule has 0 spiro atoms. The number of hydrogen-bond acceptors (Lipinski definition) is 4. The molecule has 106 valence electrons. The lowest BCUT2D eigenvalue weighted by Gasteiger charge is -2.36. The van der Waals surface area contributed by atoms with Gasteiger partial charge in [-0.3, -0.25) is 0 Å². The standard InChI is InChI=1S/C15H24N2O2/c1-19-13-7-8-15(14(16)11-13)17(9-10-18)12-5-3-2-4-6-12/h7-8,11-12,18H,2-6,9-10,16H2,1H3. The highest BCUT2D eigenvalue weighted by Gasteiger charge is 2.22. The third-order valence-electron chi connectivity index (χ3n) is 3.90. The van der Waals surface area contributed by atoms with Gasteiger partial charge in [0.2, 0.25) is 0 Å². The second-order valence-corrected chi connectivity index (χ2v) is 5.13. The molecule has 0 aromatic heterocycles.